The zero-order valence-corrected chi connectivity index (χ0v) is 56.7. The highest BCUT2D eigenvalue weighted by Crippen LogP contribution is 2.43. The van der Waals surface area contributed by atoms with Crippen LogP contribution in [0.1, 0.15) is 171 Å². The molecule has 19 heteroatoms. The fourth-order valence-corrected chi connectivity index (χ4v) is 13.2. The summed E-state index contributed by atoms with van der Waals surface area (Å²) < 4.78 is 58.7. The number of aryl methyl sites for hydroxylation is 3. The van der Waals surface area contributed by atoms with Gasteiger partial charge in [-0.3, -0.25) is 9.59 Å². The smallest absolute Gasteiger partial charge is 0.329 e. The number of benzene rings is 6. The summed E-state index contributed by atoms with van der Waals surface area (Å²) >= 11 is 0. The minimum Gasteiger partial charge on any atom is -0.494 e. The third kappa shape index (κ3) is 18.1. The first-order chi connectivity index (χ1) is 46.2. The number of hydrogen-bond donors (Lipinski definition) is 3. The number of hydrogen-bond acceptors (Lipinski definition) is 17. The van der Waals surface area contributed by atoms with Crippen LogP contribution in [-0.2, 0) is 67.7 Å². The van der Waals surface area contributed by atoms with Gasteiger partial charge < -0.3 is 72.5 Å². The molecule has 0 radical (unpaired) electrons. The number of carbonyl (C=O) groups excluding carboxylic acids is 4. The molecular weight excluding hydrogens is 1210 g/mol. The third-order valence-corrected chi connectivity index (χ3v) is 18.4. The molecule has 0 spiro atoms. The van der Waals surface area contributed by atoms with Gasteiger partial charge in [0, 0.05) is 18.7 Å². The van der Waals surface area contributed by atoms with E-state index in [0.717, 1.165) is 59.9 Å². The van der Waals surface area contributed by atoms with E-state index in [1.807, 2.05) is 80.6 Å². The van der Waals surface area contributed by atoms with Crippen molar-refractivity contribution in [2.75, 3.05) is 69.5 Å². The van der Waals surface area contributed by atoms with Crippen molar-refractivity contribution in [2.24, 2.45) is 0 Å². The van der Waals surface area contributed by atoms with E-state index in [1.54, 1.807) is 54.4 Å². The Balaban J connectivity index is 0.965. The Bertz CT molecular complexity index is 3240. The lowest BCUT2D eigenvalue weighted by Crippen LogP contribution is -2.50. The van der Waals surface area contributed by atoms with Crippen molar-refractivity contribution in [1.82, 2.24) is 9.80 Å². The van der Waals surface area contributed by atoms with Gasteiger partial charge in [-0.25, -0.2) is 9.59 Å². The zero-order valence-electron chi connectivity index (χ0n) is 56.7. The number of likely N-dealkylation sites (tertiary alicyclic amines) is 2. The maximum atomic E-state index is 14.7. The number of aliphatic hydroxyl groups excluding tert-OH is 3. The standard InChI is InChI=1S/C76H96N2O17/c1-10-60(55-41-58(48-81)71(91-8)68(43-55)88-5)73(82)77-35-15-12-25-62(77)75(84)94-64(32-28-50-27-31-54(46-79)57(39-50)47-80)52-22-18-21-49(38-52)20-14-17-37-93-59-24-19-23-53(42-59)65(33-29-51-30-34-66(86-3)67(40-51)87-4)95-76(85)63-26-13-16-36-78(63)74(83)61(11-2)56-44-69(89-6)72(92-9)70(45-56)90-7/h18-19,21-24,27,30-31,34,38-45,60-65,79-81H,10-17,20,25-26,28-29,32-33,35-37,46-48H2,1-9H3. The van der Waals surface area contributed by atoms with Crippen LogP contribution in [0.5, 0.6) is 46.0 Å². The van der Waals surface area contributed by atoms with E-state index in [2.05, 4.69) is 12.1 Å². The van der Waals surface area contributed by atoms with Crippen LogP contribution in [0.25, 0.3) is 0 Å². The SMILES string of the molecule is CCC(C(=O)N1CCCCC1C(=O)OC(CCc1ccc(CO)c(CO)c1)c1cccc(CCCCOc2cccc(C(CCc3ccc(OC)c(OC)c3)OC(=O)C3CCCCN3C(=O)C(CC)c3cc(OC)c(OC)c(OC)c3)c2)c1)c1cc(CO)c(OC)c(OC)c1. The molecule has 2 heterocycles. The van der Waals surface area contributed by atoms with Gasteiger partial charge in [0.2, 0.25) is 17.6 Å². The van der Waals surface area contributed by atoms with Gasteiger partial charge in [-0.1, -0.05) is 74.5 Å². The molecule has 2 saturated heterocycles. The second-order valence-corrected chi connectivity index (χ2v) is 24.2. The van der Waals surface area contributed by atoms with Crippen LogP contribution in [0.3, 0.4) is 0 Å². The van der Waals surface area contributed by atoms with Crippen molar-refractivity contribution < 1.29 is 81.9 Å². The summed E-state index contributed by atoms with van der Waals surface area (Å²) in [5.41, 5.74) is 7.57. The van der Waals surface area contributed by atoms with Gasteiger partial charge in [0.05, 0.1) is 88.0 Å². The van der Waals surface area contributed by atoms with Gasteiger partial charge >= 0.3 is 11.9 Å². The number of amides is 2. The lowest BCUT2D eigenvalue weighted by Gasteiger charge is -2.37. The lowest BCUT2D eigenvalue weighted by atomic mass is 9.90. The molecule has 6 unspecified atom stereocenters. The van der Waals surface area contributed by atoms with E-state index in [-0.39, 0.29) is 31.6 Å². The Morgan fingerprint density at radius 3 is 1.47 bits per heavy atom. The molecule has 2 aliphatic rings. The van der Waals surface area contributed by atoms with E-state index >= 15 is 0 Å². The van der Waals surface area contributed by atoms with Gasteiger partial charge in [-0.2, -0.15) is 0 Å². The quantitative estimate of drug-likeness (QED) is 0.0252. The van der Waals surface area contributed by atoms with Crippen LogP contribution in [0.15, 0.2) is 109 Å². The normalized spacial score (nSPS) is 16.0. The molecule has 95 heavy (non-hydrogen) atoms. The van der Waals surface area contributed by atoms with Crippen molar-refractivity contribution in [3.8, 4) is 46.0 Å². The van der Waals surface area contributed by atoms with Crippen LogP contribution in [-0.4, -0.2) is 130 Å². The summed E-state index contributed by atoms with van der Waals surface area (Å²) in [6.07, 6.45) is 7.41. The summed E-state index contributed by atoms with van der Waals surface area (Å²) in [6.45, 7) is 4.30. The predicted molar refractivity (Wildman–Crippen MR) is 360 cm³/mol. The molecule has 3 N–H and O–H groups in total. The van der Waals surface area contributed by atoms with Gasteiger partial charge in [-0.15, -0.1) is 0 Å². The van der Waals surface area contributed by atoms with Crippen molar-refractivity contribution in [1.29, 1.82) is 0 Å². The number of rotatable bonds is 34. The maximum absolute atomic E-state index is 14.7. The van der Waals surface area contributed by atoms with Gasteiger partial charge in [-0.05, 0) is 195 Å². The zero-order chi connectivity index (χ0) is 68.0. The Morgan fingerprint density at radius 1 is 0.453 bits per heavy atom. The summed E-state index contributed by atoms with van der Waals surface area (Å²) in [6, 6.07) is 32.5. The summed E-state index contributed by atoms with van der Waals surface area (Å²) in [5, 5.41) is 30.3. The second-order valence-electron chi connectivity index (χ2n) is 24.2. The van der Waals surface area contributed by atoms with Crippen LogP contribution in [0.4, 0.5) is 0 Å². The topological polar surface area (TPSA) is 228 Å². The lowest BCUT2D eigenvalue weighted by molar-refractivity contribution is -0.162. The molecule has 2 aliphatic heterocycles. The van der Waals surface area contributed by atoms with E-state index in [9.17, 15) is 34.5 Å². The first-order valence-electron chi connectivity index (χ1n) is 33.2. The van der Waals surface area contributed by atoms with E-state index in [1.165, 1.54) is 35.5 Å². The molecule has 6 atom stereocenters. The molecule has 0 aromatic heterocycles. The van der Waals surface area contributed by atoms with Crippen LogP contribution < -0.4 is 37.9 Å². The van der Waals surface area contributed by atoms with E-state index in [0.29, 0.717) is 158 Å². The summed E-state index contributed by atoms with van der Waals surface area (Å²) in [4.78, 5) is 62.2. The summed E-state index contributed by atoms with van der Waals surface area (Å²) in [5.74, 6) is 1.32. The number of ether oxygens (including phenoxy) is 10. The fraction of sp³-hybridized carbons (Fsp3) is 0.474. The Kier molecular flexibility index (Phi) is 27.3. The first-order valence-corrected chi connectivity index (χ1v) is 33.2. The molecule has 512 valence electrons. The third-order valence-electron chi connectivity index (χ3n) is 18.4. The van der Waals surface area contributed by atoms with Gasteiger partial charge in [0.15, 0.2) is 34.5 Å². The Hall–Kier alpha value is -8.52. The minimum atomic E-state index is -0.823. The van der Waals surface area contributed by atoms with Crippen molar-refractivity contribution >= 4 is 23.8 Å². The second kappa shape index (κ2) is 35.8. The van der Waals surface area contributed by atoms with Gasteiger partial charge in [0.25, 0.3) is 0 Å². The largest absolute Gasteiger partial charge is 0.494 e. The Morgan fingerprint density at radius 2 is 0.947 bits per heavy atom. The first kappa shape index (κ1) is 72.3. The molecular formula is C76H96N2O17. The molecule has 6 aromatic carbocycles. The van der Waals surface area contributed by atoms with E-state index in [4.69, 9.17) is 47.4 Å². The number of methoxy groups -OCH3 is 7. The molecule has 8 rings (SSSR count). The number of nitrogens with zero attached hydrogens (tertiary/aromatic N) is 2. The maximum Gasteiger partial charge on any atom is 0.329 e. The Labute approximate surface area is 559 Å². The minimum absolute atomic E-state index is 0.179. The molecule has 0 bridgehead atoms. The number of unbranched alkanes of at least 4 members (excludes halogenated alkanes) is 1. The highest BCUT2D eigenvalue weighted by molar-refractivity contribution is 5.90. The molecule has 6 aromatic rings. The van der Waals surface area contributed by atoms with Crippen LogP contribution >= 0.6 is 0 Å². The van der Waals surface area contributed by atoms with Crippen LogP contribution in [0.2, 0.25) is 0 Å². The van der Waals surface area contributed by atoms with Crippen LogP contribution in [0, 0.1) is 0 Å². The molecule has 0 aliphatic carbocycles. The van der Waals surface area contributed by atoms with Crippen molar-refractivity contribution in [3.63, 3.8) is 0 Å². The highest BCUT2D eigenvalue weighted by Gasteiger charge is 2.40. The monoisotopic (exact) mass is 1310 g/mol. The fourth-order valence-electron chi connectivity index (χ4n) is 13.2. The average Bonchev–Trinajstić information content (AvgIpc) is 0.833. The highest BCUT2D eigenvalue weighted by atomic mass is 16.6. The number of carbonyl (C=O) groups is 4. The van der Waals surface area contributed by atoms with E-state index < -0.39 is 48.1 Å². The predicted octanol–water partition coefficient (Wildman–Crippen LogP) is 12.2. The summed E-state index contributed by atoms with van der Waals surface area (Å²) in [7, 11) is 10.8. The number of esters is 2. The van der Waals surface area contributed by atoms with Gasteiger partial charge in [0.1, 0.15) is 30.0 Å². The van der Waals surface area contributed by atoms with Crippen molar-refractivity contribution in [2.45, 2.75) is 166 Å². The average molecular weight is 1310 g/mol. The molecule has 2 amide bonds. The number of piperidine rings is 2. The molecule has 0 saturated carbocycles. The molecule has 2 fully saturated rings. The van der Waals surface area contributed by atoms with Crippen molar-refractivity contribution in [3.05, 3.63) is 165 Å². The number of aliphatic hydroxyl groups is 3. The molecule has 19 nitrogen and oxygen atoms in total.